The van der Waals surface area contributed by atoms with Crippen LogP contribution in [0.2, 0.25) is 0 Å². The maximum atomic E-state index is 11.5. The van der Waals surface area contributed by atoms with Gasteiger partial charge in [0.1, 0.15) is 5.60 Å². The third-order valence-corrected chi connectivity index (χ3v) is 2.15. The Morgan fingerprint density at radius 3 is 2.83 bits per heavy atom. The van der Waals surface area contributed by atoms with E-state index < -0.39 is 11.7 Å². The number of nitrogens with zero attached hydrogens (tertiary/aromatic N) is 2. The van der Waals surface area contributed by atoms with Crippen LogP contribution in [0.5, 0.6) is 0 Å². The Labute approximate surface area is 107 Å². The molecule has 102 valence electrons. The minimum Gasteiger partial charge on any atom is -0.444 e. The number of imidazole rings is 1. The van der Waals surface area contributed by atoms with Crippen LogP contribution < -0.4 is 5.32 Å². The Morgan fingerprint density at radius 1 is 1.50 bits per heavy atom. The van der Waals surface area contributed by atoms with Gasteiger partial charge in [0.05, 0.1) is 25.2 Å². The molecule has 0 aliphatic rings. The zero-order valence-corrected chi connectivity index (χ0v) is 11.4. The van der Waals surface area contributed by atoms with Gasteiger partial charge in [0, 0.05) is 19.9 Å². The lowest BCUT2D eigenvalue weighted by atomic mass is 10.2. The molecule has 6 heteroatoms. The number of hydrogen-bond acceptors (Lipinski definition) is 4. The van der Waals surface area contributed by atoms with Crippen molar-refractivity contribution in [2.24, 2.45) is 0 Å². The highest BCUT2D eigenvalue weighted by molar-refractivity contribution is 5.67. The van der Waals surface area contributed by atoms with Crippen LogP contribution in [0.3, 0.4) is 0 Å². The number of methoxy groups -OCH3 is 1. The number of carbonyl (C=O) groups excluding carboxylic acids is 1. The molecule has 0 aliphatic carbocycles. The fourth-order valence-electron chi connectivity index (χ4n) is 1.36. The summed E-state index contributed by atoms with van der Waals surface area (Å²) >= 11 is 0. The Balaban J connectivity index is 2.43. The molecule has 0 aromatic carbocycles. The predicted octanol–water partition coefficient (Wildman–Crippen LogP) is 1.55. The number of carbonyl (C=O) groups is 1. The van der Waals surface area contributed by atoms with Crippen LogP contribution in [0.4, 0.5) is 4.79 Å². The molecule has 0 aliphatic heterocycles. The first kappa shape index (κ1) is 14.5. The van der Waals surface area contributed by atoms with Crippen molar-refractivity contribution in [3.8, 4) is 0 Å². The summed E-state index contributed by atoms with van der Waals surface area (Å²) in [6.07, 6.45) is 3.00. The lowest BCUT2D eigenvalue weighted by Crippen LogP contribution is -2.32. The fraction of sp³-hybridized carbons (Fsp3) is 0.667. The molecule has 0 fully saturated rings. The number of nitrogens with one attached hydrogen (secondary N) is 1. The van der Waals surface area contributed by atoms with Gasteiger partial charge in [-0.25, -0.2) is 9.78 Å². The molecule has 0 unspecified atom stereocenters. The summed E-state index contributed by atoms with van der Waals surface area (Å²) in [7, 11) is 1.65. The minimum atomic E-state index is -0.486. The molecule has 1 aromatic heterocycles. The first-order chi connectivity index (χ1) is 8.42. The van der Waals surface area contributed by atoms with Crippen molar-refractivity contribution in [2.45, 2.75) is 39.5 Å². The van der Waals surface area contributed by atoms with Gasteiger partial charge in [-0.15, -0.1) is 0 Å². The minimum absolute atomic E-state index is 0.388. The molecule has 0 radical (unpaired) electrons. The van der Waals surface area contributed by atoms with Gasteiger partial charge < -0.3 is 19.4 Å². The summed E-state index contributed by atoms with van der Waals surface area (Å²) in [6.45, 7) is 7.19. The average Bonchev–Trinajstić information content (AvgIpc) is 2.68. The van der Waals surface area contributed by atoms with E-state index in [1.165, 1.54) is 0 Å². The molecule has 0 spiro atoms. The van der Waals surface area contributed by atoms with Crippen molar-refractivity contribution in [3.05, 3.63) is 18.2 Å². The highest BCUT2D eigenvalue weighted by Crippen LogP contribution is 2.07. The third-order valence-electron chi connectivity index (χ3n) is 2.15. The van der Waals surface area contributed by atoms with E-state index in [1.807, 2.05) is 25.3 Å². The van der Waals surface area contributed by atoms with Crippen LogP contribution in [0, 0.1) is 0 Å². The quantitative estimate of drug-likeness (QED) is 0.867. The van der Waals surface area contributed by atoms with E-state index >= 15 is 0 Å². The molecule has 0 bridgehead atoms. The van der Waals surface area contributed by atoms with Crippen LogP contribution >= 0.6 is 0 Å². The molecular weight excluding hydrogens is 234 g/mol. The highest BCUT2D eigenvalue weighted by Gasteiger charge is 2.16. The van der Waals surface area contributed by atoms with Crippen LogP contribution in [-0.2, 0) is 22.6 Å². The van der Waals surface area contributed by atoms with Gasteiger partial charge in [-0.05, 0) is 20.8 Å². The second-order valence-electron chi connectivity index (χ2n) is 4.93. The van der Waals surface area contributed by atoms with Crippen molar-refractivity contribution in [1.82, 2.24) is 14.9 Å². The molecule has 1 aromatic rings. The zero-order valence-electron chi connectivity index (χ0n) is 11.4. The topological polar surface area (TPSA) is 65.4 Å². The Kier molecular flexibility index (Phi) is 5.15. The maximum absolute atomic E-state index is 11.5. The van der Waals surface area contributed by atoms with Crippen molar-refractivity contribution in [1.29, 1.82) is 0 Å². The lowest BCUT2D eigenvalue weighted by Gasteiger charge is -2.19. The Hall–Kier alpha value is -1.56. The van der Waals surface area contributed by atoms with Gasteiger partial charge in [-0.2, -0.15) is 0 Å². The summed E-state index contributed by atoms with van der Waals surface area (Å²) in [6, 6.07) is 0. The number of amides is 1. The Bertz CT molecular complexity index is 382. The van der Waals surface area contributed by atoms with Gasteiger partial charge in [-0.3, -0.25) is 0 Å². The SMILES string of the molecule is COCCn1cncc1CNC(=O)OC(C)(C)C. The van der Waals surface area contributed by atoms with Gasteiger partial charge in [-0.1, -0.05) is 0 Å². The summed E-state index contributed by atoms with van der Waals surface area (Å²) in [5.74, 6) is 0. The average molecular weight is 255 g/mol. The molecule has 1 amide bonds. The summed E-state index contributed by atoms with van der Waals surface area (Å²) in [4.78, 5) is 15.5. The number of hydrogen-bond donors (Lipinski definition) is 1. The lowest BCUT2D eigenvalue weighted by molar-refractivity contribution is 0.0522. The molecule has 1 rings (SSSR count). The smallest absolute Gasteiger partial charge is 0.407 e. The second-order valence-corrected chi connectivity index (χ2v) is 4.93. The summed E-state index contributed by atoms with van der Waals surface area (Å²) in [5.41, 5.74) is 0.429. The van der Waals surface area contributed by atoms with E-state index in [-0.39, 0.29) is 0 Å². The van der Waals surface area contributed by atoms with Crippen LogP contribution in [0.15, 0.2) is 12.5 Å². The normalized spacial score (nSPS) is 11.3. The number of rotatable bonds is 5. The fourth-order valence-corrected chi connectivity index (χ4v) is 1.36. The maximum Gasteiger partial charge on any atom is 0.407 e. The number of ether oxygens (including phenoxy) is 2. The van der Waals surface area contributed by atoms with E-state index in [1.54, 1.807) is 19.6 Å². The standard InChI is InChI=1S/C12H21N3O3/c1-12(2,3)18-11(16)14-8-10-7-13-9-15(10)5-6-17-4/h7,9H,5-6,8H2,1-4H3,(H,14,16). The summed E-state index contributed by atoms with van der Waals surface area (Å²) in [5, 5.41) is 2.70. The van der Waals surface area contributed by atoms with E-state index in [2.05, 4.69) is 10.3 Å². The van der Waals surface area contributed by atoms with Gasteiger partial charge in [0.25, 0.3) is 0 Å². The second kappa shape index (κ2) is 6.39. The van der Waals surface area contributed by atoms with E-state index in [4.69, 9.17) is 9.47 Å². The first-order valence-electron chi connectivity index (χ1n) is 5.87. The predicted molar refractivity (Wildman–Crippen MR) is 67.2 cm³/mol. The van der Waals surface area contributed by atoms with Crippen LogP contribution in [0.1, 0.15) is 26.5 Å². The zero-order chi connectivity index (χ0) is 13.6. The number of alkyl carbamates (subject to hydrolysis) is 1. The monoisotopic (exact) mass is 255 g/mol. The van der Waals surface area contributed by atoms with Crippen LogP contribution in [0.25, 0.3) is 0 Å². The van der Waals surface area contributed by atoms with Crippen molar-refractivity contribution in [3.63, 3.8) is 0 Å². The molecule has 6 nitrogen and oxygen atoms in total. The van der Waals surface area contributed by atoms with Crippen molar-refractivity contribution in [2.75, 3.05) is 13.7 Å². The van der Waals surface area contributed by atoms with E-state index in [0.29, 0.717) is 19.7 Å². The summed E-state index contributed by atoms with van der Waals surface area (Å²) < 4.78 is 12.1. The molecule has 0 saturated heterocycles. The van der Waals surface area contributed by atoms with E-state index in [0.717, 1.165) is 5.69 Å². The molecule has 1 N–H and O–H groups in total. The molecule has 0 atom stereocenters. The van der Waals surface area contributed by atoms with Gasteiger partial charge >= 0.3 is 6.09 Å². The van der Waals surface area contributed by atoms with E-state index in [9.17, 15) is 4.79 Å². The van der Waals surface area contributed by atoms with Gasteiger partial charge in [0.15, 0.2) is 0 Å². The highest BCUT2D eigenvalue weighted by atomic mass is 16.6. The van der Waals surface area contributed by atoms with Crippen molar-refractivity contribution < 1.29 is 14.3 Å². The van der Waals surface area contributed by atoms with Crippen molar-refractivity contribution >= 4 is 6.09 Å². The molecule has 1 heterocycles. The van der Waals surface area contributed by atoms with Gasteiger partial charge in [0.2, 0.25) is 0 Å². The molecule has 18 heavy (non-hydrogen) atoms. The van der Waals surface area contributed by atoms with Crippen LogP contribution in [-0.4, -0.2) is 35.0 Å². The first-order valence-corrected chi connectivity index (χ1v) is 5.87. The third kappa shape index (κ3) is 5.18. The largest absolute Gasteiger partial charge is 0.444 e. The number of aromatic nitrogens is 2. The molecule has 0 saturated carbocycles. The Morgan fingerprint density at radius 2 is 2.22 bits per heavy atom. The molecular formula is C12H21N3O3.